The van der Waals surface area contributed by atoms with E-state index < -0.39 is 5.82 Å². The molecule has 0 aliphatic heterocycles. The van der Waals surface area contributed by atoms with Gasteiger partial charge in [-0.1, -0.05) is 11.6 Å². The Morgan fingerprint density at radius 2 is 1.74 bits per heavy atom. The van der Waals surface area contributed by atoms with Gasteiger partial charge in [-0.05, 0) is 36.4 Å². The van der Waals surface area contributed by atoms with E-state index in [0.29, 0.717) is 22.0 Å². The fraction of sp³-hybridized carbons (Fsp3) is 0. The van der Waals surface area contributed by atoms with Crippen molar-refractivity contribution in [2.75, 3.05) is 5.32 Å². The van der Waals surface area contributed by atoms with Crippen molar-refractivity contribution in [3.05, 3.63) is 58.4 Å². The minimum Gasteiger partial charge on any atom is -0.353 e. The summed E-state index contributed by atoms with van der Waals surface area (Å²) in [5, 5.41) is 21.0. The number of anilines is 2. The predicted molar refractivity (Wildman–Crippen MR) is 70.6 cm³/mol. The first kappa shape index (κ1) is 12.9. The summed E-state index contributed by atoms with van der Waals surface area (Å²) in [5.74, 6) is -0.479. The zero-order valence-corrected chi connectivity index (χ0v) is 10.4. The maximum Gasteiger partial charge on any atom is 0.124 e. The van der Waals surface area contributed by atoms with Gasteiger partial charge >= 0.3 is 0 Å². The molecule has 5 heteroatoms. The highest BCUT2D eigenvalue weighted by atomic mass is 35.5. The second-order valence-corrected chi connectivity index (χ2v) is 4.14. The van der Waals surface area contributed by atoms with Crippen molar-refractivity contribution in [2.45, 2.75) is 0 Å². The van der Waals surface area contributed by atoms with E-state index in [1.165, 1.54) is 18.2 Å². The van der Waals surface area contributed by atoms with Crippen LogP contribution in [0.1, 0.15) is 11.1 Å². The minimum atomic E-state index is -0.479. The molecular formula is C14H7ClFN3. The van der Waals surface area contributed by atoms with Crippen LogP contribution in [0, 0.1) is 28.5 Å². The van der Waals surface area contributed by atoms with E-state index in [-0.39, 0.29) is 5.56 Å². The lowest BCUT2D eigenvalue weighted by molar-refractivity contribution is 0.627. The number of nitriles is 2. The van der Waals surface area contributed by atoms with Crippen LogP contribution in [0.5, 0.6) is 0 Å². The van der Waals surface area contributed by atoms with Crippen molar-refractivity contribution in [1.29, 1.82) is 10.5 Å². The summed E-state index contributed by atoms with van der Waals surface area (Å²) in [6.45, 7) is 0. The Balaban J connectivity index is 2.37. The van der Waals surface area contributed by atoms with Crippen LogP contribution < -0.4 is 5.32 Å². The largest absolute Gasteiger partial charge is 0.353 e. The van der Waals surface area contributed by atoms with E-state index in [1.807, 2.05) is 12.1 Å². The number of benzene rings is 2. The summed E-state index contributed by atoms with van der Waals surface area (Å²) in [6.07, 6.45) is 0. The first-order valence-electron chi connectivity index (χ1n) is 5.30. The third kappa shape index (κ3) is 2.82. The van der Waals surface area contributed by atoms with Gasteiger partial charge in [0.1, 0.15) is 11.9 Å². The molecule has 0 saturated carbocycles. The SMILES string of the molecule is N#Cc1ccc(Nc2ccc(F)cc2C#N)c(Cl)c1. The average molecular weight is 272 g/mol. The minimum absolute atomic E-state index is 0.181. The molecule has 19 heavy (non-hydrogen) atoms. The number of halogens is 2. The summed E-state index contributed by atoms with van der Waals surface area (Å²) in [7, 11) is 0. The van der Waals surface area contributed by atoms with Crippen LogP contribution in [0.25, 0.3) is 0 Å². The van der Waals surface area contributed by atoms with Crippen molar-refractivity contribution >= 4 is 23.0 Å². The highest BCUT2D eigenvalue weighted by molar-refractivity contribution is 6.33. The van der Waals surface area contributed by atoms with Crippen LogP contribution in [0.4, 0.5) is 15.8 Å². The molecule has 0 heterocycles. The molecule has 0 spiro atoms. The van der Waals surface area contributed by atoms with E-state index in [0.717, 1.165) is 6.07 Å². The first-order valence-corrected chi connectivity index (χ1v) is 5.68. The van der Waals surface area contributed by atoms with Gasteiger partial charge in [0.2, 0.25) is 0 Å². The predicted octanol–water partition coefficient (Wildman–Crippen LogP) is 3.97. The molecule has 0 fully saturated rings. The Morgan fingerprint density at radius 3 is 2.37 bits per heavy atom. The van der Waals surface area contributed by atoms with Gasteiger partial charge in [0.15, 0.2) is 0 Å². The number of rotatable bonds is 2. The van der Waals surface area contributed by atoms with Crippen LogP contribution in [0.3, 0.4) is 0 Å². The molecule has 0 aromatic heterocycles. The van der Waals surface area contributed by atoms with Gasteiger partial charge in [-0.25, -0.2) is 4.39 Å². The lowest BCUT2D eigenvalue weighted by Crippen LogP contribution is -1.95. The quantitative estimate of drug-likeness (QED) is 0.899. The Labute approximate surface area is 114 Å². The van der Waals surface area contributed by atoms with Crippen LogP contribution in [0.2, 0.25) is 5.02 Å². The lowest BCUT2D eigenvalue weighted by Gasteiger charge is -2.10. The normalized spacial score (nSPS) is 9.47. The third-order valence-electron chi connectivity index (χ3n) is 2.47. The Hall–Kier alpha value is -2.56. The van der Waals surface area contributed by atoms with Crippen molar-refractivity contribution in [1.82, 2.24) is 0 Å². The average Bonchev–Trinajstić information content (AvgIpc) is 2.42. The maximum atomic E-state index is 13.0. The van der Waals surface area contributed by atoms with E-state index in [9.17, 15) is 4.39 Å². The maximum absolute atomic E-state index is 13.0. The van der Waals surface area contributed by atoms with Crippen LogP contribution in [-0.4, -0.2) is 0 Å². The molecule has 0 unspecified atom stereocenters. The molecule has 92 valence electrons. The standard InChI is InChI=1S/C14H7ClFN3/c15-12-5-9(7-17)1-3-14(12)19-13-4-2-11(16)6-10(13)8-18/h1-6,19H. The number of nitrogens with one attached hydrogen (secondary N) is 1. The molecule has 0 aliphatic rings. The molecule has 0 saturated heterocycles. The molecule has 1 N–H and O–H groups in total. The van der Waals surface area contributed by atoms with Crippen LogP contribution in [0.15, 0.2) is 36.4 Å². The topological polar surface area (TPSA) is 59.6 Å². The second-order valence-electron chi connectivity index (χ2n) is 3.73. The molecule has 2 aromatic rings. The number of hydrogen-bond acceptors (Lipinski definition) is 3. The van der Waals surface area contributed by atoms with Crippen molar-refractivity contribution in [3.63, 3.8) is 0 Å². The van der Waals surface area contributed by atoms with Crippen molar-refractivity contribution in [2.24, 2.45) is 0 Å². The van der Waals surface area contributed by atoms with Gasteiger partial charge in [0.05, 0.1) is 33.6 Å². The summed E-state index contributed by atoms with van der Waals surface area (Å²) < 4.78 is 13.0. The van der Waals surface area contributed by atoms with Gasteiger partial charge in [-0.3, -0.25) is 0 Å². The number of hydrogen-bond donors (Lipinski definition) is 1. The Bertz CT molecular complexity index is 714. The molecule has 0 radical (unpaired) electrons. The molecule has 0 atom stereocenters. The van der Waals surface area contributed by atoms with E-state index in [1.54, 1.807) is 12.1 Å². The van der Waals surface area contributed by atoms with Crippen LogP contribution in [-0.2, 0) is 0 Å². The highest BCUT2D eigenvalue weighted by Gasteiger charge is 2.07. The Kier molecular flexibility index (Phi) is 3.66. The van der Waals surface area contributed by atoms with Gasteiger partial charge in [0, 0.05) is 0 Å². The first-order chi connectivity index (χ1) is 9.13. The number of nitrogens with zero attached hydrogens (tertiary/aromatic N) is 2. The monoisotopic (exact) mass is 271 g/mol. The van der Waals surface area contributed by atoms with Crippen LogP contribution >= 0.6 is 11.6 Å². The second kappa shape index (κ2) is 5.39. The molecule has 0 amide bonds. The molecule has 0 bridgehead atoms. The van der Waals surface area contributed by atoms with Gasteiger partial charge < -0.3 is 5.32 Å². The van der Waals surface area contributed by atoms with E-state index in [4.69, 9.17) is 22.1 Å². The zero-order valence-electron chi connectivity index (χ0n) is 9.61. The summed E-state index contributed by atoms with van der Waals surface area (Å²) in [4.78, 5) is 0. The molecule has 2 rings (SSSR count). The highest BCUT2D eigenvalue weighted by Crippen LogP contribution is 2.28. The molecule has 2 aromatic carbocycles. The lowest BCUT2D eigenvalue weighted by atomic mass is 10.1. The van der Waals surface area contributed by atoms with Gasteiger partial charge in [0.25, 0.3) is 0 Å². The molecule has 0 aliphatic carbocycles. The summed E-state index contributed by atoms with van der Waals surface area (Å²) in [6, 6.07) is 12.5. The van der Waals surface area contributed by atoms with Crippen molar-refractivity contribution in [3.8, 4) is 12.1 Å². The van der Waals surface area contributed by atoms with Gasteiger partial charge in [-0.2, -0.15) is 10.5 Å². The summed E-state index contributed by atoms with van der Waals surface area (Å²) in [5.41, 5.74) is 1.62. The van der Waals surface area contributed by atoms with E-state index in [2.05, 4.69) is 5.32 Å². The van der Waals surface area contributed by atoms with Crippen molar-refractivity contribution < 1.29 is 4.39 Å². The van der Waals surface area contributed by atoms with E-state index >= 15 is 0 Å². The summed E-state index contributed by atoms with van der Waals surface area (Å²) >= 11 is 6.01. The fourth-order valence-corrected chi connectivity index (χ4v) is 1.78. The zero-order chi connectivity index (χ0) is 13.8. The smallest absolute Gasteiger partial charge is 0.124 e. The third-order valence-corrected chi connectivity index (χ3v) is 2.78. The fourth-order valence-electron chi connectivity index (χ4n) is 1.55. The molecule has 3 nitrogen and oxygen atoms in total. The molecular weight excluding hydrogens is 265 g/mol. The Morgan fingerprint density at radius 1 is 1.00 bits per heavy atom. The van der Waals surface area contributed by atoms with Gasteiger partial charge in [-0.15, -0.1) is 0 Å².